The number of fused-ring (bicyclic) bond motifs is 1. The van der Waals surface area contributed by atoms with Crippen LogP contribution in [0.2, 0.25) is 0 Å². The number of nitrogens with zero attached hydrogens (tertiary/aromatic N) is 1. The first-order valence-corrected chi connectivity index (χ1v) is 11.2. The van der Waals surface area contributed by atoms with E-state index in [1.807, 2.05) is 17.0 Å². The van der Waals surface area contributed by atoms with E-state index in [1.165, 1.54) is 5.56 Å². The van der Waals surface area contributed by atoms with Gasteiger partial charge in [0.2, 0.25) is 15.9 Å². The van der Waals surface area contributed by atoms with Crippen molar-refractivity contribution >= 4 is 37.5 Å². The highest BCUT2D eigenvalue weighted by Crippen LogP contribution is 2.31. The molecule has 0 saturated heterocycles. The number of benzene rings is 2. The number of halogens is 1. The number of anilines is 1. The highest BCUT2D eigenvalue weighted by atomic mass is 79.9. The molecule has 1 aliphatic heterocycles. The normalized spacial score (nSPS) is 13.9. The summed E-state index contributed by atoms with van der Waals surface area (Å²) >= 11 is 3.47. The summed E-state index contributed by atoms with van der Waals surface area (Å²) in [6.45, 7) is 4.28. The van der Waals surface area contributed by atoms with E-state index in [-0.39, 0.29) is 16.8 Å². The molecule has 0 bridgehead atoms. The molecule has 1 heterocycles. The van der Waals surface area contributed by atoms with Crippen LogP contribution in [0.15, 0.2) is 51.8 Å². The number of aryl methyl sites for hydroxylation is 1. The summed E-state index contributed by atoms with van der Waals surface area (Å²) in [4.78, 5) is 14.7. The number of hydrogen-bond acceptors (Lipinski definition) is 3. The molecule has 0 aliphatic carbocycles. The number of amides is 1. The molecular weight excluding hydrogens is 428 g/mol. The van der Waals surface area contributed by atoms with Gasteiger partial charge in [0.1, 0.15) is 0 Å². The van der Waals surface area contributed by atoms with Crippen LogP contribution in [0.3, 0.4) is 0 Å². The maximum atomic E-state index is 12.6. The first-order valence-electron chi connectivity index (χ1n) is 8.96. The van der Waals surface area contributed by atoms with Gasteiger partial charge in [-0.2, -0.15) is 0 Å². The zero-order valence-electron chi connectivity index (χ0n) is 15.4. The topological polar surface area (TPSA) is 66.5 Å². The number of sulfonamides is 1. The third kappa shape index (κ3) is 4.78. The van der Waals surface area contributed by atoms with Gasteiger partial charge in [0.05, 0.1) is 4.90 Å². The van der Waals surface area contributed by atoms with Crippen molar-refractivity contribution < 1.29 is 13.2 Å². The van der Waals surface area contributed by atoms with Gasteiger partial charge < -0.3 is 4.90 Å². The van der Waals surface area contributed by atoms with Crippen LogP contribution in [-0.2, 0) is 27.7 Å². The maximum absolute atomic E-state index is 12.6. The van der Waals surface area contributed by atoms with Gasteiger partial charge in [-0.05, 0) is 68.1 Å². The van der Waals surface area contributed by atoms with Gasteiger partial charge in [-0.1, -0.05) is 28.1 Å². The van der Waals surface area contributed by atoms with Crippen LogP contribution in [-0.4, -0.2) is 26.9 Å². The second kappa shape index (κ2) is 8.12. The van der Waals surface area contributed by atoms with E-state index in [9.17, 15) is 13.2 Å². The molecule has 0 unspecified atom stereocenters. The molecule has 1 amide bonds. The fraction of sp³-hybridized carbons (Fsp3) is 0.350. The molecule has 2 aromatic carbocycles. The van der Waals surface area contributed by atoms with E-state index in [0.717, 1.165) is 22.1 Å². The van der Waals surface area contributed by atoms with E-state index in [2.05, 4.69) is 26.7 Å². The lowest BCUT2D eigenvalue weighted by Crippen LogP contribution is -2.30. The zero-order valence-corrected chi connectivity index (χ0v) is 17.8. The van der Waals surface area contributed by atoms with Crippen LogP contribution < -0.4 is 9.62 Å². The van der Waals surface area contributed by atoms with Gasteiger partial charge in [-0.25, -0.2) is 13.1 Å². The molecule has 0 aromatic heterocycles. The van der Waals surface area contributed by atoms with Gasteiger partial charge >= 0.3 is 0 Å². The van der Waals surface area contributed by atoms with Gasteiger partial charge in [-0.15, -0.1) is 0 Å². The number of hydrogen-bond donors (Lipinski definition) is 1. The molecule has 1 aliphatic rings. The quantitative estimate of drug-likeness (QED) is 0.729. The van der Waals surface area contributed by atoms with E-state index in [4.69, 9.17) is 0 Å². The highest BCUT2D eigenvalue weighted by molar-refractivity contribution is 9.10. The van der Waals surface area contributed by atoms with Crippen molar-refractivity contribution in [2.75, 3.05) is 11.4 Å². The van der Waals surface area contributed by atoms with Gasteiger partial charge in [0.25, 0.3) is 0 Å². The van der Waals surface area contributed by atoms with Crippen LogP contribution >= 0.6 is 15.9 Å². The predicted molar refractivity (Wildman–Crippen MR) is 110 cm³/mol. The standard InChI is InChI=1S/C20H23BrN2O3S/c1-14(2)22-27(25,26)18-7-3-15(4-8-18)5-10-20(24)23-12-11-16-13-17(21)6-9-19(16)23/h3-4,6-9,13-14,22H,5,10-12H2,1-2H3. The average molecular weight is 451 g/mol. The molecule has 0 fully saturated rings. The first-order chi connectivity index (χ1) is 12.8. The molecule has 0 saturated carbocycles. The molecule has 144 valence electrons. The molecule has 5 nitrogen and oxygen atoms in total. The van der Waals surface area contributed by atoms with Gasteiger partial charge in [0.15, 0.2) is 0 Å². The second-order valence-electron chi connectivity index (χ2n) is 6.99. The lowest BCUT2D eigenvalue weighted by molar-refractivity contribution is -0.118. The van der Waals surface area contributed by atoms with Gasteiger partial charge in [-0.3, -0.25) is 4.79 Å². The Balaban J connectivity index is 1.62. The molecule has 0 spiro atoms. The Morgan fingerprint density at radius 3 is 2.56 bits per heavy atom. The maximum Gasteiger partial charge on any atom is 0.240 e. The lowest BCUT2D eigenvalue weighted by atomic mass is 10.1. The predicted octanol–water partition coefficient (Wildman–Crippen LogP) is 3.66. The van der Waals surface area contributed by atoms with Crippen LogP contribution in [0.25, 0.3) is 0 Å². The molecule has 2 aromatic rings. The SMILES string of the molecule is CC(C)NS(=O)(=O)c1ccc(CCC(=O)N2CCc3cc(Br)ccc32)cc1. The summed E-state index contributed by atoms with van der Waals surface area (Å²) in [7, 11) is -3.49. The Hall–Kier alpha value is -1.70. The van der Waals surface area contributed by atoms with E-state index < -0.39 is 10.0 Å². The second-order valence-corrected chi connectivity index (χ2v) is 9.62. The van der Waals surface area contributed by atoms with Gasteiger partial charge in [0, 0.05) is 29.2 Å². The van der Waals surface area contributed by atoms with Crippen molar-refractivity contribution in [2.24, 2.45) is 0 Å². The summed E-state index contributed by atoms with van der Waals surface area (Å²) in [5.41, 5.74) is 3.12. The third-order valence-electron chi connectivity index (χ3n) is 4.49. The van der Waals surface area contributed by atoms with E-state index in [1.54, 1.807) is 38.1 Å². The van der Waals surface area contributed by atoms with Crippen LogP contribution in [0.5, 0.6) is 0 Å². The van der Waals surface area contributed by atoms with E-state index >= 15 is 0 Å². The Morgan fingerprint density at radius 1 is 1.19 bits per heavy atom. The largest absolute Gasteiger partial charge is 0.312 e. The van der Waals surface area contributed by atoms with Crippen molar-refractivity contribution in [2.45, 2.75) is 44.0 Å². The molecule has 1 N–H and O–H groups in total. The fourth-order valence-electron chi connectivity index (χ4n) is 3.23. The van der Waals surface area contributed by atoms with E-state index in [0.29, 0.717) is 19.4 Å². The minimum absolute atomic E-state index is 0.0919. The van der Waals surface area contributed by atoms with Crippen molar-refractivity contribution in [3.05, 3.63) is 58.1 Å². The summed E-state index contributed by atoms with van der Waals surface area (Å²) < 4.78 is 27.9. The molecule has 27 heavy (non-hydrogen) atoms. The number of rotatable bonds is 6. The Kier molecular flexibility index (Phi) is 6.03. The molecule has 0 atom stereocenters. The van der Waals surface area contributed by atoms with Crippen LogP contribution in [0, 0.1) is 0 Å². The molecule has 3 rings (SSSR count). The summed E-state index contributed by atoms with van der Waals surface area (Å²) in [6, 6.07) is 12.6. The number of carbonyl (C=O) groups excluding carboxylic acids is 1. The Labute approximate surface area is 169 Å². The average Bonchev–Trinajstić information content (AvgIpc) is 3.02. The zero-order chi connectivity index (χ0) is 19.6. The highest BCUT2D eigenvalue weighted by Gasteiger charge is 2.24. The number of nitrogens with one attached hydrogen (secondary N) is 1. The first kappa shape index (κ1) is 20.0. The minimum atomic E-state index is -3.49. The smallest absolute Gasteiger partial charge is 0.240 e. The van der Waals surface area contributed by atoms with Crippen molar-refractivity contribution in [3.63, 3.8) is 0 Å². The summed E-state index contributed by atoms with van der Waals surface area (Å²) in [5.74, 6) is 0.0919. The van der Waals surface area contributed by atoms with Crippen molar-refractivity contribution in [3.8, 4) is 0 Å². The minimum Gasteiger partial charge on any atom is -0.312 e. The third-order valence-corrected chi connectivity index (χ3v) is 6.66. The Bertz CT molecular complexity index is 940. The molecule has 7 heteroatoms. The molecular formula is C20H23BrN2O3S. The van der Waals surface area contributed by atoms with Crippen LogP contribution in [0.4, 0.5) is 5.69 Å². The van der Waals surface area contributed by atoms with Crippen LogP contribution in [0.1, 0.15) is 31.4 Å². The van der Waals surface area contributed by atoms with Crippen molar-refractivity contribution in [1.29, 1.82) is 0 Å². The summed E-state index contributed by atoms with van der Waals surface area (Å²) in [6.07, 6.45) is 1.85. The number of carbonyl (C=O) groups is 1. The Morgan fingerprint density at radius 2 is 1.89 bits per heavy atom. The lowest BCUT2D eigenvalue weighted by Gasteiger charge is -2.17. The summed E-state index contributed by atoms with van der Waals surface area (Å²) in [5, 5.41) is 0. The fourth-order valence-corrected chi connectivity index (χ4v) is 4.89. The monoisotopic (exact) mass is 450 g/mol. The molecule has 0 radical (unpaired) electrons. The van der Waals surface area contributed by atoms with Crippen molar-refractivity contribution in [1.82, 2.24) is 4.72 Å².